The number of nitrogens with zero attached hydrogens (tertiary/aromatic N) is 21. The first-order chi connectivity index (χ1) is 64.1. The minimum Gasteiger partial charge on any atom is -0.382 e. The van der Waals surface area contributed by atoms with E-state index in [9.17, 15) is 13.2 Å². The molecule has 25 nitrogen and oxygen atoms in total. The summed E-state index contributed by atoms with van der Waals surface area (Å²) in [6.07, 6.45) is 30.2. The monoisotopic (exact) mass is 1730 g/mol. The van der Waals surface area contributed by atoms with Crippen LogP contribution in [-0.2, 0) is 6.18 Å². The molecule has 0 radical (unpaired) electrons. The Kier molecular flexibility index (Phi) is 21.1. The van der Waals surface area contributed by atoms with Crippen LogP contribution in [0.2, 0.25) is 0 Å². The van der Waals surface area contributed by atoms with Crippen LogP contribution in [0.4, 0.5) is 36.4 Å². The van der Waals surface area contributed by atoms with Gasteiger partial charge in [0.25, 0.3) is 0 Å². The zero-order valence-corrected chi connectivity index (χ0v) is 71.7. The van der Waals surface area contributed by atoms with Gasteiger partial charge in [-0.25, -0.2) is 59.8 Å². The minimum absolute atomic E-state index is 0.0461. The molecule has 5 aliphatic rings. The highest BCUT2D eigenvalue weighted by Crippen LogP contribution is 2.47. The van der Waals surface area contributed by atoms with E-state index in [1.807, 2.05) is 132 Å². The Morgan fingerprint density at radius 1 is 0.321 bits per heavy atom. The number of aromatic nitrogens is 19. The van der Waals surface area contributed by atoms with Crippen molar-refractivity contribution in [2.24, 2.45) is 0 Å². The number of halogens is 3. The van der Waals surface area contributed by atoms with Crippen LogP contribution in [-0.4, -0.2) is 141 Å². The van der Waals surface area contributed by atoms with E-state index in [0.717, 1.165) is 185 Å². The summed E-state index contributed by atoms with van der Waals surface area (Å²) < 4.78 is 50.8. The Balaban J connectivity index is 0.000000103. The Morgan fingerprint density at radius 3 is 1.21 bits per heavy atom. The molecule has 0 unspecified atom stereocenters. The van der Waals surface area contributed by atoms with Crippen molar-refractivity contribution in [3.63, 3.8) is 0 Å². The average Bonchev–Trinajstić information content (AvgIpc) is 1.62. The summed E-state index contributed by atoms with van der Waals surface area (Å²) in [5.74, 6) is 7.71. The van der Waals surface area contributed by atoms with Gasteiger partial charge < -0.3 is 27.8 Å². The Bertz CT molecular complexity index is 7190. The number of nitrogens with two attached hydrogens (primary N) is 4. The van der Waals surface area contributed by atoms with E-state index in [1.54, 1.807) is 79.8 Å². The zero-order valence-electron chi connectivity index (χ0n) is 71.7. The average molecular weight is 1740 g/mol. The number of hydrogen-bond donors (Lipinski definition) is 4. The molecule has 28 heteroatoms. The molecule has 0 atom stereocenters. The predicted molar refractivity (Wildman–Crippen MR) is 507 cm³/mol. The third-order valence-electron chi connectivity index (χ3n) is 26.6. The van der Waals surface area contributed by atoms with Gasteiger partial charge in [-0.05, 0) is 131 Å². The molecular weight excluding hydrogens is 1640 g/mol. The van der Waals surface area contributed by atoms with Gasteiger partial charge in [0.2, 0.25) is 0 Å². The Hall–Kier alpha value is -15.4. The largest absolute Gasteiger partial charge is 0.417 e. The van der Waals surface area contributed by atoms with Gasteiger partial charge >= 0.3 is 6.18 Å². The smallest absolute Gasteiger partial charge is 0.382 e. The SMILES string of the molecule is CN1CCN(C2CC(c3nc(-c4ccc5c(C(F)(F)F)cc(-c6ccccc6)nc5c4)c4c(N)nccn34)C2)CC1.Nc1nccn2c(C3CCC3)nc(-c3ccc4ccc(-c5ccccn5)nc4c3)c12.Nc1nccn2c(C3CCC3)nc(-c3ccc4ccc(-c5ccncc5)nc4c3)c12.Nc1nccn2c(C3CCC3)nc(-c3ccc4ncc(-c5ccccc5)nc4c3)c12. The molecule has 20 aromatic rings. The summed E-state index contributed by atoms with van der Waals surface area (Å²) in [7, 11) is 2.16. The molecule has 25 rings (SSSR count). The van der Waals surface area contributed by atoms with E-state index >= 15 is 0 Å². The molecule has 4 aliphatic carbocycles. The minimum atomic E-state index is -4.53. The second-order valence-corrected chi connectivity index (χ2v) is 34.6. The first kappa shape index (κ1) is 81.3. The summed E-state index contributed by atoms with van der Waals surface area (Å²) in [5, 5.41) is 2.21. The number of fused-ring (bicyclic) bond motifs is 8. The van der Waals surface area contributed by atoms with E-state index in [4.69, 9.17) is 57.8 Å². The van der Waals surface area contributed by atoms with Crippen LogP contribution in [0.15, 0.2) is 268 Å². The topological polar surface area (TPSA) is 322 Å². The van der Waals surface area contributed by atoms with Crippen LogP contribution in [0.3, 0.4) is 0 Å². The van der Waals surface area contributed by atoms with Gasteiger partial charge in [0.05, 0.1) is 67.8 Å². The maximum atomic E-state index is 14.1. The lowest BCUT2D eigenvalue weighted by Gasteiger charge is -2.45. The number of alkyl halides is 3. The van der Waals surface area contributed by atoms with Crippen LogP contribution in [0, 0.1) is 0 Å². The number of anilines is 4. The highest BCUT2D eigenvalue weighted by Gasteiger charge is 2.40. The molecule has 0 bridgehead atoms. The number of piperazine rings is 1. The quantitative estimate of drug-likeness (QED) is 0.0833. The molecule has 648 valence electrons. The van der Waals surface area contributed by atoms with Gasteiger partial charge in [-0.15, -0.1) is 0 Å². The number of likely N-dealkylation sites (N-methyl/N-ethyl adjacent to an activating group) is 1. The van der Waals surface area contributed by atoms with Gasteiger partial charge in [0.1, 0.15) is 91.4 Å². The van der Waals surface area contributed by atoms with E-state index in [2.05, 4.69) is 118 Å². The van der Waals surface area contributed by atoms with Crippen LogP contribution < -0.4 is 22.9 Å². The summed E-state index contributed by atoms with van der Waals surface area (Å²) in [6, 6.07) is 62.1. The van der Waals surface area contributed by atoms with Crippen LogP contribution in [0.5, 0.6) is 0 Å². The molecule has 15 heterocycles. The van der Waals surface area contributed by atoms with Crippen molar-refractivity contribution in [2.45, 2.75) is 107 Å². The van der Waals surface area contributed by atoms with Gasteiger partial charge in [-0.3, -0.25) is 37.5 Å². The van der Waals surface area contributed by atoms with E-state index in [-0.39, 0.29) is 22.5 Å². The summed E-state index contributed by atoms with van der Waals surface area (Å²) in [5.41, 5.74) is 44.9. The van der Waals surface area contributed by atoms with Gasteiger partial charge in [0, 0.05) is 179 Å². The number of benzene rings is 6. The van der Waals surface area contributed by atoms with Crippen molar-refractivity contribution >= 4 is 89.1 Å². The maximum absolute atomic E-state index is 14.1. The molecule has 131 heavy (non-hydrogen) atoms. The molecule has 1 aliphatic heterocycles. The van der Waals surface area contributed by atoms with Crippen molar-refractivity contribution in [1.82, 2.24) is 102 Å². The molecule has 6 aromatic carbocycles. The van der Waals surface area contributed by atoms with Crippen molar-refractivity contribution in [3.8, 4) is 90.2 Å². The molecule has 14 aromatic heterocycles. The fraction of sp³-hybridized carbons (Fsp3) is 0.214. The Labute approximate surface area is 750 Å². The van der Waals surface area contributed by atoms with E-state index < -0.39 is 11.7 Å². The number of imidazole rings is 4. The first-order valence-corrected chi connectivity index (χ1v) is 44.6. The lowest BCUT2D eigenvalue weighted by Crippen LogP contribution is -2.52. The molecule has 1 saturated heterocycles. The molecular formula is C103H90F3N25. The highest BCUT2D eigenvalue weighted by atomic mass is 19.4. The third kappa shape index (κ3) is 15.6. The molecule has 8 N–H and O–H groups in total. The highest BCUT2D eigenvalue weighted by molar-refractivity contribution is 5.96. The summed E-state index contributed by atoms with van der Waals surface area (Å²) in [6.45, 7) is 4.32. The number of nitrogen functional groups attached to an aromatic ring is 4. The van der Waals surface area contributed by atoms with Gasteiger partial charge in [-0.1, -0.05) is 141 Å². The lowest BCUT2D eigenvalue weighted by molar-refractivity contribution is -0.136. The lowest BCUT2D eigenvalue weighted by atomic mass is 9.78. The van der Waals surface area contributed by atoms with Crippen LogP contribution in [0.25, 0.3) is 156 Å². The van der Waals surface area contributed by atoms with E-state index in [1.165, 1.54) is 63.9 Å². The first-order valence-electron chi connectivity index (χ1n) is 44.6. The van der Waals surface area contributed by atoms with Crippen molar-refractivity contribution in [3.05, 3.63) is 297 Å². The molecule has 5 fully saturated rings. The van der Waals surface area contributed by atoms with Crippen molar-refractivity contribution < 1.29 is 13.2 Å². The van der Waals surface area contributed by atoms with Crippen molar-refractivity contribution in [2.75, 3.05) is 56.2 Å². The summed E-state index contributed by atoms with van der Waals surface area (Å²) >= 11 is 0. The van der Waals surface area contributed by atoms with Gasteiger partial charge in [0.15, 0.2) is 0 Å². The summed E-state index contributed by atoms with van der Waals surface area (Å²) in [4.78, 5) is 74.7. The second-order valence-electron chi connectivity index (χ2n) is 34.6. The standard InChI is InChI=1S/C31H30F3N7.3C24H20N6/c1-39-11-13-40(14-12-39)22-15-21(16-22)30-38-27(28-29(35)36-9-10-41(28)30)20-7-8-23-24(31(32,33)34)18-25(37-26(23)17-20)19-5-3-2-4-6-19;25-23-22-21(29-24(16-4-3-5-16)30(22)13-12-27-23)17-8-7-15-9-10-19(28-20(15)14-17)18-6-1-2-11-26-18;25-23-22-21(29-24(17-2-1-3-17)30(22)13-12-27-23)18-5-4-15-6-7-19(28-20(15)14-18)16-8-10-26-11-9-16;25-23-22-21(29-24(16-7-4-8-16)30(22)12-11-26-23)17-9-10-18-19(13-17)28-20(14-27-18)15-5-2-1-3-6-15/h2-10,17-18,21-22H,11-16H2,1H3,(H2,35,36);1-2,6-14,16H,3-5H2,(H2,25,27);4-14,17H,1-3H2,(H2,25,27);1-3,5-6,9-14,16H,4,7-8H2,(H2,25,26). The van der Waals surface area contributed by atoms with Crippen LogP contribution in [0.1, 0.15) is 123 Å². The third-order valence-corrected chi connectivity index (χ3v) is 26.6. The number of hydrogen-bond acceptors (Lipinski definition) is 21. The number of pyridine rings is 5. The van der Waals surface area contributed by atoms with Gasteiger partial charge in [-0.2, -0.15) is 13.2 Å². The molecule has 4 saturated carbocycles. The predicted octanol–water partition coefficient (Wildman–Crippen LogP) is 20.3. The fourth-order valence-electron chi connectivity index (χ4n) is 18.7. The van der Waals surface area contributed by atoms with E-state index in [0.29, 0.717) is 69.4 Å². The molecule has 0 amide bonds. The zero-order chi connectivity index (χ0) is 88.5. The van der Waals surface area contributed by atoms with Crippen molar-refractivity contribution in [1.29, 1.82) is 0 Å². The maximum Gasteiger partial charge on any atom is 0.417 e. The van der Waals surface area contributed by atoms with Crippen LogP contribution >= 0.6 is 0 Å². The molecule has 0 spiro atoms. The second kappa shape index (κ2) is 34.0. The normalized spacial score (nSPS) is 16.2. The number of rotatable bonds is 13. The Morgan fingerprint density at radius 2 is 0.733 bits per heavy atom. The fourth-order valence-corrected chi connectivity index (χ4v) is 18.7.